The van der Waals surface area contributed by atoms with E-state index in [4.69, 9.17) is 0 Å². The Morgan fingerprint density at radius 1 is 1.33 bits per heavy atom. The first-order valence-electron chi connectivity index (χ1n) is 6.95. The molecule has 1 heterocycles. The highest BCUT2D eigenvalue weighted by molar-refractivity contribution is 5.30. The predicted molar refractivity (Wildman–Crippen MR) is 74.7 cm³/mol. The second-order valence-corrected chi connectivity index (χ2v) is 5.92. The van der Waals surface area contributed by atoms with E-state index in [1.807, 2.05) is 0 Å². The van der Waals surface area contributed by atoms with Gasteiger partial charge in [0.15, 0.2) is 0 Å². The Hall–Kier alpha value is -0.890. The van der Waals surface area contributed by atoms with E-state index in [9.17, 15) is 4.39 Å². The molecule has 1 N–H and O–H groups in total. The molecule has 0 bridgehead atoms. The zero-order valence-electron chi connectivity index (χ0n) is 11.7. The second-order valence-electron chi connectivity index (χ2n) is 5.92. The van der Waals surface area contributed by atoms with Crippen molar-refractivity contribution >= 4 is 0 Å². The molecule has 1 nitrogen and oxygen atoms in total. The van der Waals surface area contributed by atoms with E-state index in [2.05, 4.69) is 37.4 Å². The highest BCUT2D eigenvalue weighted by Crippen LogP contribution is 2.31. The van der Waals surface area contributed by atoms with Gasteiger partial charge in [0.1, 0.15) is 5.67 Å². The molecular weight excluding hydrogens is 225 g/mol. The maximum atomic E-state index is 14.9. The zero-order chi connectivity index (χ0) is 13.2. The van der Waals surface area contributed by atoms with Crippen molar-refractivity contribution in [3.8, 4) is 0 Å². The first-order chi connectivity index (χ1) is 8.49. The fourth-order valence-electron chi connectivity index (χ4n) is 2.82. The summed E-state index contributed by atoms with van der Waals surface area (Å²) in [7, 11) is 0. The molecule has 0 spiro atoms. The monoisotopic (exact) mass is 249 g/mol. The van der Waals surface area contributed by atoms with Crippen LogP contribution in [0.3, 0.4) is 0 Å². The van der Waals surface area contributed by atoms with Crippen molar-refractivity contribution in [1.29, 1.82) is 0 Å². The average Bonchev–Trinajstić information content (AvgIpc) is 2.35. The molecule has 1 saturated heterocycles. The van der Waals surface area contributed by atoms with Gasteiger partial charge in [-0.05, 0) is 56.8 Å². The van der Waals surface area contributed by atoms with Gasteiger partial charge >= 0.3 is 0 Å². The van der Waals surface area contributed by atoms with E-state index in [-0.39, 0.29) is 5.92 Å². The van der Waals surface area contributed by atoms with Crippen LogP contribution in [0.2, 0.25) is 0 Å². The Kier molecular flexibility index (Phi) is 4.06. The first kappa shape index (κ1) is 13.5. The molecule has 1 aromatic rings. The van der Waals surface area contributed by atoms with Crippen LogP contribution < -0.4 is 5.32 Å². The van der Waals surface area contributed by atoms with Crippen LogP contribution in [0, 0.1) is 19.8 Å². The Morgan fingerprint density at radius 2 is 2.11 bits per heavy atom. The molecule has 1 aromatic carbocycles. The van der Waals surface area contributed by atoms with Gasteiger partial charge in [0.2, 0.25) is 0 Å². The fraction of sp³-hybridized carbons (Fsp3) is 0.625. The predicted octanol–water partition coefficient (Wildman–Crippen LogP) is 3.57. The quantitative estimate of drug-likeness (QED) is 0.863. The third-order valence-electron chi connectivity index (χ3n) is 4.27. The Morgan fingerprint density at radius 3 is 2.72 bits per heavy atom. The molecule has 0 radical (unpaired) electrons. The van der Waals surface area contributed by atoms with Crippen LogP contribution >= 0.6 is 0 Å². The van der Waals surface area contributed by atoms with Crippen LogP contribution in [0.15, 0.2) is 18.2 Å². The summed E-state index contributed by atoms with van der Waals surface area (Å²) in [6, 6.07) is 6.29. The molecule has 18 heavy (non-hydrogen) atoms. The molecule has 0 aliphatic carbocycles. The van der Waals surface area contributed by atoms with Crippen molar-refractivity contribution in [2.45, 2.75) is 45.7 Å². The zero-order valence-corrected chi connectivity index (χ0v) is 11.7. The van der Waals surface area contributed by atoms with Crippen LogP contribution in [0.4, 0.5) is 4.39 Å². The maximum Gasteiger partial charge on any atom is 0.116 e. The number of aryl methyl sites for hydroxylation is 2. The van der Waals surface area contributed by atoms with E-state index in [0.717, 1.165) is 31.5 Å². The van der Waals surface area contributed by atoms with E-state index >= 15 is 0 Å². The summed E-state index contributed by atoms with van der Waals surface area (Å²) in [4.78, 5) is 0. The third kappa shape index (κ3) is 3.11. The molecule has 0 saturated carbocycles. The first-order valence-corrected chi connectivity index (χ1v) is 6.95. The number of halogens is 1. The fourth-order valence-corrected chi connectivity index (χ4v) is 2.82. The molecule has 100 valence electrons. The molecule has 0 aromatic heterocycles. The topological polar surface area (TPSA) is 12.0 Å². The molecule has 2 heteroatoms. The highest BCUT2D eigenvalue weighted by Gasteiger charge is 2.35. The summed E-state index contributed by atoms with van der Waals surface area (Å²) in [5.74, 6) is 0.146. The Bertz CT molecular complexity index is 406. The van der Waals surface area contributed by atoms with E-state index in [0.29, 0.717) is 6.42 Å². The summed E-state index contributed by atoms with van der Waals surface area (Å²) in [5, 5.41) is 3.31. The number of rotatable bonds is 3. The summed E-state index contributed by atoms with van der Waals surface area (Å²) in [5.41, 5.74) is 2.55. The van der Waals surface area contributed by atoms with Gasteiger partial charge in [-0.3, -0.25) is 0 Å². The van der Waals surface area contributed by atoms with Gasteiger partial charge in [0, 0.05) is 18.9 Å². The lowest BCUT2D eigenvalue weighted by Gasteiger charge is -2.34. The van der Waals surface area contributed by atoms with Gasteiger partial charge in [0.25, 0.3) is 0 Å². The van der Waals surface area contributed by atoms with Crippen molar-refractivity contribution in [3.05, 3.63) is 34.9 Å². The minimum Gasteiger partial charge on any atom is -0.316 e. The van der Waals surface area contributed by atoms with E-state index in [1.165, 1.54) is 11.1 Å². The summed E-state index contributed by atoms with van der Waals surface area (Å²) >= 11 is 0. The van der Waals surface area contributed by atoms with Gasteiger partial charge in [0.05, 0.1) is 0 Å². The highest BCUT2D eigenvalue weighted by atomic mass is 19.1. The van der Waals surface area contributed by atoms with E-state index in [1.54, 1.807) is 6.92 Å². The molecule has 2 unspecified atom stereocenters. The van der Waals surface area contributed by atoms with Crippen LogP contribution in [-0.2, 0) is 6.42 Å². The van der Waals surface area contributed by atoms with Crippen molar-refractivity contribution in [3.63, 3.8) is 0 Å². The lowest BCUT2D eigenvalue weighted by molar-refractivity contribution is 0.0833. The summed E-state index contributed by atoms with van der Waals surface area (Å²) in [6.07, 6.45) is 2.63. The van der Waals surface area contributed by atoms with Gasteiger partial charge in [-0.2, -0.15) is 0 Å². The minimum atomic E-state index is -1.10. The standard InChI is InChI=1S/C16H24FN/c1-12-6-7-14(9-13(12)2)10-16(3,17)15-5-4-8-18-11-15/h6-7,9,15,18H,4-5,8,10-11H2,1-3H3. The molecule has 1 fully saturated rings. The Balaban J connectivity index is 2.08. The molecular formula is C16H24FN. The van der Waals surface area contributed by atoms with Crippen molar-refractivity contribution in [2.24, 2.45) is 5.92 Å². The van der Waals surface area contributed by atoms with Gasteiger partial charge in [-0.1, -0.05) is 18.2 Å². The smallest absolute Gasteiger partial charge is 0.116 e. The van der Waals surface area contributed by atoms with Gasteiger partial charge < -0.3 is 5.32 Å². The normalized spacial score (nSPS) is 23.7. The van der Waals surface area contributed by atoms with Gasteiger partial charge in [-0.15, -0.1) is 0 Å². The average molecular weight is 249 g/mol. The number of hydrogen-bond donors (Lipinski definition) is 1. The minimum absolute atomic E-state index is 0.146. The van der Waals surface area contributed by atoms with Crippen molar-refractivity contribution < 1.29 is 4.39 Å². The SMILES string of the molecule is Cc1ccc(CC(C)(F)C2CCCNC2)cc1C. The number of piperidine rings is 1. The van der Waals surface area contributed by atoms with Crippen LogP contribution in [0.5, 0.6) is 0 Å². The third-order valence-corrected chi connectivity index (χ3v) is 4.27. The summed E-state index contributed by atoms with van der Waals surface area (Å²) < 4.78 is 14.9. The number of benzene rings is 1. The summed E-state index contributed by atoms with van der Waals surface area (Å²) in [6.45, 7) is 7.81. The number of nitrogens with one attached hydrogen (secondary N) is 1. The lowest BCUT2D eigenvalue weighted by Crippen LogP contribution is -2.42. The van der Waals surface area contributed by atoms with Crippen molar-refractivity contribution in [2.75, 3.05) is 13.1 Å². The maximum absolute atomic E-state index is 14.9. The largest absolute Gasteiger partial charge is 0.316 e. The molecule has 2 rings (SSSR count). The molecule has 2 atom stereocenters. The van der Waals surface area contributed by atoms with Gasteiger partial charge in [-0.25, -0.2) is 4.39 Å². The van der Waals surface area contributed by atoms with Crippen molar-refractivity contribution in [1.82, 2.24) is 5.32 Å². The Labute approximate surface area is 110 Å². The van der Waals surface area contributed by atoms with Crippen LogP contribution in [-0.4, -0.2) is 18.8 Å². The number of hydrogen-bond acceptors (Lipinski definition) is 1. The van der Waals surface area contributed by atoms with Crippen LogP contribution in [0.1, 0.15) is 36.5 Å². The molecule has 0 amide bonds. The van der Waals surface area contributed by atoms with E-state index < -0.39 is 5.67 Å². The lowest BCUT2D eigenvalue weighted by atomic mass is 9.80. The number of alkyl halides is 1. The molecule has 1 aliphatic rings. The molecule has 1 aliphatic heterocycles. The van der Waals surface area contributed by atoms with Crippen LogP contribution in [0.25, 0.3) is 0 Å². The second kappa shape index (κ2) is 5.40.